The average Bonchev–Trinajstić information content (AvgIpc) is 2.90. The highest BCUT2D eigenvalue weighted by Crippen LogP contribution is 2.37. The fraction of sp³-hybridized carbons (Fsp3) is 0.611. The summed E-state index contributed by atoms with van der Waals surface area (Å²) >= 11 is 0. The van der Waals surface area contributed by atoms with Crippen LogP contribution in [0.15, 0.2) is 60.7 Å². The summed E-state index contributed by atoms with van der Waals surface area (Å²) < 4.78 is 18.7. The molecule has 9 heteroatoms. The Morgan fingerprint density at radius 2 is 1.11 bits per heavy atom. The second-order valence-electron chi connectivity index (χ2n) is 15.7. The molecule has 45 heavy (non-hydrogen) atoms. The van der Waals surface area contributed by atoms with Crippen LogP contribution in [0.5, 0.6) is 0 Å². The molecule has 1 aliphatic rings. The summed E-state index contributed by atoms with van der Waals surface area (Å²) in [6.07, 6.45) is -0.772. The zero-order valence-corrected chi connectivity index (χ0v) is 30.6. The van der Waals surface area contributed by atoms with E-state index in [1.807, 2.05) is 82.8 Å². The number of amides is 2. The van der Waals surface area contributed by atoms with E-state index in [2.05, 4.69) is 63.0 Å². The van der Waals surface area contributed by atoms with Crippen LogP contribution in [0.3, 0.4) is 0 Å². The van der Waals surface area contributed by atoms with Crippen molar-refractivity contribution in [3.63, 3.8) is 0 Å². The minimum Gasteiger partial charge on any atom is -0.444 e. The van der Waals surface area contributed by atoms with Crippen molar-refractivity contribution in [3.8, 4) is 0 Å². The van der Waals surface area contributed by atoms with Gasteiger partial charge in [0.1, 0.15) is 11.2 Å². The maximum absolute atomic E-state index is 13.9. The first-order valence-corrected chi connectivity index (χ1v) is 19.1. The average molecular weight is 640 g/mol. The third-order valence-corrected chi connectivity index (χ3v) is 12.9. The van der Waals surface area contributed by atoms with Gasteiger partial charge in [-0.1, -0.05) is 81.4 Å². The molecule has 1 heterocycles. The van der Waals surface area contributed by atoms with Gasteiger partial charge < -0.3 is 13.9 Å². The molecule has 2 amide bonds. The quantitative estimate of drug-likeness (QED) is 0.260. The first kappa shape index (κ1) is 36.6. The van der Waals surface area contributed by atoms with Crippen molar-refractivity contribution in [2.45, 2.75) is 117 Å². The minimum atomic E-state index is -2.21. The van der Waals surface area contributed by atoms with Gasteiger partial charge in [-0.25, -0.2) is 9.59 Å². The number of carbonyl (C=O) groups is 2. The zero-order valence-electron chi connectivity index (χ0n) is 29.6. The van der Waals surface area contributed by atoms with Gasteiger partial charge in [0.2, 0.25) is 0 Å². The van der Waals surface area contributed by atoms with Crippen LogP contribution in [0.4, 0.5) is 9.59 Å². The maximum Gasteiger partial charge on any atom is 0.410 e. The van der Waals surface area contributed by atoms with Crippen molar-refractivity contribution in [1.29, 1.82) is 0 Å². The molecule has 0 N–H and O–H groups in total. The SMILES string of the molecule is CC(C)(C)OC(=O)N1CCN(C(=O)OC(C)(C)C)[C@H](CN(Cc2ccccc2)Cc2ccccc2)C1CO[Si](C)(C)C(C)(C)C. The van der Waals surface area contributed by atoms with E-state index >= 15 is 0 Å². The lowest BCUT2D eigenvalue weighted by Gasteiger charge is -2.49. The molecule has 1 aliphatic heterocycles. The lowest BCUT2D eigenvalue weighted by molar-refractivity contribution is -0.0493. The van der Waals surface area contributed by atoms with Crippen molar-refractivity contribution in [2.75, 3.05) is 26.2 Å². The summed E-state index contributed by atoms with van der Waals surface area (Å²) in [6.45, 7) is 25.1. The number of hydrogen-bond acceptors (Lipinski definition) is 6. The molecule has 0 aliphatic carbocycles. The Labute approximate surface area is 273 Å². The van der Waals surface area contributed by atoms with E-state index in [-0.39, 0.29) is 11.1 Å². The van der Waals surface area contributed by atoms with Gasteiger partial charge in [-0.3, -0.25) is 14.7 Å². The monoisotopic (exact) mass is 639 g/mol. The molecule has 2 aromatic carbocycles. The van der Waals surface area contributed by atoms with Crippen molar-refractivity contribution < 1.29 is 23.5 Å². The van der Waals surface area contributed by atoms with Crippen LogP contribution in [-0.4, -0.2) is 84.7 Å². The molecule has 0 bridgehead atoms. The molecule has 0 spiro atoms. The number of rotatable bonds is 9. The molecule has 0 radical (unpaired) electrons. The van der Waals surface area contributed by atoms with Crippen LogP contribution in [0, 0.1) is 0 Å². The molecule has 1 fully saturated rings. The molecule has 0 saturated carbocycles. The predicted octanol–water partition coefficient (Wildman–Crippen LogP) is 7.94. The van der Waals surface area contributed by atoms with Gasteiger partial charge in [0.05, 0.1) is 18.7 Å². The van der Waals surface area contributed by atoms with Crippen molar-refractivity contribution >= 4 is 20.5 Å². The van der Waals surface area contributed by atoms with Gasteiger partial charge in [0.15, 0.2) is 8.32 Å². The van der Waals surface area contributed by atoms with E-state index in [1.165, 1.54) is 11.1 Å². The Balaban J connectivity index is 2.08. The van der Waals surface area contributed by atoms with Crippen LogP contribution in [-0.2, 0) is 27.0 Å². The standard InChI is InChI=1S/C36H57N3O5Si/c1-34(2,3)43-32(40)38-22-23-39(33(41)44-35(4,5)6)31(27-42-45(10,11)36(7,8)9)30(38)26-37(24-28-18-14-12-15-19-28)25-29-20-16-13-17-21-29/h12-21,30-31H,22-27H2,1-11H3/t30-,31?/m1/s1. The van der Waals surface area contributed by atoms with Crippen LogP contribution >= 0.6 is 0 Å². The Kier molecular flexibility index (Phi) is 11.9. The normalized spacial score (nSPS) is 18.2. The van der Waals surface area contributed by atoms with Gasteiger partial charge >= 0.3 is 12.2 Å². The Hall–Kier alpha value is -2.88. The first-order valence-electron chi connectivity index (χ1n) is 16.2. The zero-order chi connectivity index (χ0) is 33.6. The van der Waals surface area contributed by atoms with Gasteiger partial charge in [-0.15, -0.1) is 0 Å². The van der Waals surface area contributed by atoms with Crippen LogP contribution < -0.4 is 0 Å². The Morgan fingerprint density at radius 1 is 0.711 bits per heavy atom. The minimum absolute atomic E-state index is 0.0224. The largest absolute Gasteiger partial charge is 0.444 e. The maximum atomic E-state index is 13.9. The number of benzene rings is 2. The van der Waals surface area contributed by atoms with Crippen LogP contribution in [0.2, 0.25) is 18.1 Å². The van der Waals surface area contributed by atoms with Gasteiger partial charge in [-0.2, -0.15) is 0 Å². The van der Waals surface area contributed by atoms with Crippen LogP contribution in [0.1, 0.15) is 73.4 Å². The fourth-order valence-electron chi connectivity index (χ4n) is 5.12. The van der Waals surface area contributed by atoms with Crippen molar-refractivity contribution in [1.82, 2.24) is 14.7 Å². The smallest absolute Gasteiger partial charge is 0.410 e. The molecule has 2 atom stereocenters. The van der Waals surface area contributed by atoms with E-state index < -0.39 is 37.7 Å². The van der Waals surface area contributed by atoms with Gasteiger partial charge in [0.25, 0.3) is 0 Å². The number of nitrogens with zero attached hydrogens (tertiary/aromatic N) is 3. The number of hydrogen-bond donors (Lipinski definition) is 0. The van der Waals surface area contributed by atoms with Gasteiger partial charge in [-0.05, 0) is 70.8 Å². The number of piperazine rings is 1. The summed E-state index contributed by atoms with van der Waals surface area (Å²) in [6, 6.07) is 19.9. The van der Waals surface area contributed by atoms with Crippen molar-refractivity contribution in [2.24, 2.45) is 0 Å². The summed E-state index contributed by atoms with van der Waals surface area (Å²) in [5.41, 5.74) is 1.02. The fourth-order valence-corrected chi connectivity index (χ4v) is 6.14. The number of carbonyl (C=O) groups excluding carboxylic acids is 2. The lowest BCUT2D eigenvalue weighted by atomic mass is 10.0. The molecule has 0 aromatic heterocycles. The molecule has 8 nitrogen and oxygen atoms in total. The summed E-state index contributed by atoms with van der Waals surface area (Å²) in [5, 5.41) is -0.0224. The molecule has 250 valence electrons. The lowest BCUT2D eigenvalue weighted by Crippen LogP contribution is -2.67. The van der Waals surface area contributed by atoms with E-state index in [4.69, 9.17) is 13.9 Å². The topological polar surface area (TPSA) is 71.5 Å². The van der Waals surface area contributed by atoms with E-state index in [0.29, 0.717) is 39.3 Å². The Bertz CT molecular complexity index is 1190. The van der Waals surface area contributed by atoms with E-state index in [0.717, 1.165) is 0 Å². The molecule has 1 saturated heterocycles. The highest BCUT2D eigenvalue weighted by atomic mass is 28.4. The Morgan fingerprint density at radius 3 is 1.49 bits per heavy atom. The summed E-state index contributed by atoms with van der Waals surface area (Å²) in [7, 11) is -2.21. The molecular weight excluding hydrogens is 582 g/mol. The van der Waals surface area contributed by atoms with Crippen LogP contribution in [0.25, 0.3) is 0 Å². The second-order valence-corrected chi connectivity index (χ2v) is 20.5. The second kappa shape index (κ2) is 14.7. The highest BCUT2D eigenvalue weighted by Gasteiger charge is 2.46. The highest BCUT2D eigenvalue weighted by molar-refractivity contribution is 6.74. The first-order chi connectivity index (χ1) is 20.8. The molecular formula is C36H57N3O5Si. The number of ether oxygens (including phenoxy) is 2. The van der Waals surface area contributed by atoms with Crippen molar-refractivity contribution in [3.05, 3.63) is 71.8 Å². The third-order valence-electron chi connectivity index (χ3n) is 8.45. The molecule has 2 aromatic rings. The van der Waals surface area contributed by atoms with E-state index in [1.54, 1.807) is 4.90 Å². The van der Waals surface area contributed by atoms with E-state index in [9.17, 15) is 9.59 Å². The molecule has 1 unspecified atom stereocenters. The molecule has 3 rings (SSSR count). The third kappa shape index (κ3) is 11.1. The van der Waals surface area contributed by atoms with Gasteiger partial charge in [0, 0.05) is 32.7 Å². The summed E-state index contributed by atoms with van der Waals surface area (Å²) in [4.78, 5) is 33.6. The predicted molar refractivity (Wildman–Crippen MR) is 184 cm³/mol. The summed E-state index contributed by atoms with van der Waals surface area (Å²) in [5.74, 6) is 0.